The third kappa shape index (κ3) is 8.09. The van der Waals surface area contributed by atoms with Crippen LogP contribution in [-0.4, -0.2) is 37.9 Å². The molecular formula is C30H34N2O6. The summed E-state index contributed by atoms with van der Waals surface area (Å²) in [5.41, 5.74) is 5.59. The first-order chi connectivity index (χ1) is 18.3. The number of ether oxygens (including phenoxy) is 4. The first kappa shape index (κ1) is 28.2. The van der Waals surface area contributed by atoms with Crippen LogP contribution in [-0.2, 0) is 4.79 Å². The molecule has 0 aliphatic carbocycles. The molecule has 200 valence electrons. The van der Waals surface area contributed by atoms with Gasteiger partial charge in [-0.25, -0.2) is 10.2 Å². The fraction of sp³-hybridized carbons (Fsp3) is 0.300. The van der Waals surface area contributed by atoms with Gasteiger partial charge in [0.2, 0.25) is 0 Å². The Kier molecular flexibility index (Phi) is 10.3. The average molecular weight is 519 g/mol. The predicted molar refractivity (Wildman–Crippen MR) is 147 cm³/mol. The van der Waals surface area contributed by atoms with Gasteiger partial charge in [-0.1, -0.05) is 26.0 Å². The second-order valence-corrected chi connectivity index (χ2v) is 8.75. The molecule has 0 unspecified atom stereocenters. The molecule has 0 heterocycles. The van der Waals surface area contributed by atoms with Gasteiger partial charge < -0.3 is 18.9 Å². The molecule has 1 N–H and O–H groups in total. The fourth-order valence-electron chi connectivity index (χ4n) is 3.46. The normalized spacial score (nSPS) is 10.9. The van der Waals surface area contributed by atoms with Crippen molar-refractivity contribution in [1.82, 2.24) is 5.43 Å². The summed E-state index contributed by atoms with van der Waals surface area (Å²) in [6.45, 7) is 10.6. The summed E-state index contributed by atoms with van der Waals surface area (Å²) in [4.78, 5) is 24.8. The number of nitrogens with one attached hydrogen (secondary N) is 1. The molecule has 0 aliphatic rings. The van der Waals surface area contributed by atoms with Gasteiger partial charge in [0.15, 0.2) is 18.1 Å². The van der Waals surface area contributed by atoms with Crippen LogP contribution >= 0.6 is 0 Å². The number of benzene rings is 3. The lowest BCUT2D eigenvalue weighted by atomic mass is 10.0. The number of esters is 1. The molecule has 8 heteroatoms. The van der Waals surface area contributed by atoms with Crippen LogP contribution in [0.25, 0.3) is 0 Å². The van der Waals surface area contributed by atoms with Crippen molar-refractivity contribution in [3.05, 3.63) is 82.9 Å². The molecule has 3 rings (SSSR count). The van der Waals surface area contributed by atoms with E-state index in [1.165, 1.54) is 6.21 Å². The smallest absolute Gasteiger partial charge is 0.343 e. The highest BCUT2D eigenvalue weighted by molar-refractivity contribution is 5.92. The maximum absolute atomic E-state index is 12.6. The molecule has 1 amide bonds. The first-order valence-electron chi connectivity index (χ1n) is 12.6. The van der Waals surface area contributed by atoms with Crippen LogP contribution < -0.4 is 24.4 Å². The number of amides is 1. The van der Waals surface area contributed by atoms with Crippen LogP contribution in [0.1, 0.15) is 60.7 Å². The van der Waals surface area contributed by atoms with Crippen molar-refractivity contribution in [2.24, 2.45) is 5.10 Å². The van der Waals surface area contributed by atoms with Gasteiger partial charge in [0.1, 0.15) is 11.5 Å². The zero-order valence-electron chi connectivity index (χ0n) is 22.4. The molecule has 3 aromatic carbocycles. The van der Waals surface area contributed by atoms with E-state index in [2.05, 4.69) is 30.4 Å². The summed E-state index contributed by atoms with van der Waals surface area (Å²) in [5.74, 6) is 1.47. The molecule has 0 aliphatic heterocycles. The lowest BCUT2D eigenvalue weighted by molar-refractivity contribution is -0.123. The van der Waals surface area contributed by atoms with Crippen LogP contribution in [0, 0.1) is 6.92 Å². The van der Waals surface area contributed by atoms with Crippen LogP contribution in [0.4, 0.5) is 0 Å². The lowest BCUT2D eigenvalue weighted by Crippen LogP contribution is -2.24. The monoisotopic (exact) mass is 518 g/mol. The number of hydrogen-bond donors (Lipinski definition) is 1. The molecule has 0 saturated carbocycles. The van der Waals surface area contributed by atoms with E-state index in [1.54, 1.807) is 42.5 Å². The van der Waals surface area contributed by atoms with Crippen molar-refractivity contribution in [2.45, 2.75) is 40.5 Å². The third-order valence-electron chi connectivity index (χ3n) is 5.51. The molecule has 0 spiro atoms. The van der Waals surface area contributed by atoms with Crippen LogP contribution in [0.3, 0.4) is 0 Å². The number of rotatable bonds is 12. The van der Waals surface area contributed by atoms with Gasteiger partial charge in [-0.15, -0.1) is 0 Å². The Labute approximate surface area is 223 Å². The lowest BCUT2D eigenvalue weighted by Gasteiger charge is -2.12. The Morgan fingerprint density at radius 3 is 2.29 bits per heavy atom. The standard InChI is InChI=1S/C30H34N2O6/c1-6-35-25-13-11-23(12-14-25)30(34)38-26-15-9-22(16-28(26)36-7-2)18-31-32-29(33)19-37-27-17-24(20(3)4)10-8-21(27)5/h8-18,20H,6-7,19H2,1-5H3,(H,32,33). The minimum atomic E-state index is -0.517. The Balaban J connectivity index is 1.59. The number of carbonyl (C=O) groups excluding carboxylic acids is 2. The van der Waals surface area contributed by atoms with Gasteiger partial charge in [-0.3, -0.25) is 4.79 Å². The summed E-state index contributed by atoms with van der Waals surface area (Å²) >= 11 is 0. The molecule has 38 heavy (non-hydrogen) atoms. The Morgan fingerprint density at radius 1 is 0.868 bits per heavy atom. The highest BCUT2D eigenvalue weighted by atomic mass is 16.6. The molecule has 0 aromatic heterocycles. The van der Waals surface area contributed by atoms with E-state index in [0.29, 0.717) is 47.5 Å². The summed E-state index contributed by atoms with van der Waals surface area (Å²) in [5, 5.41) is 4.01. The first-order valence-corrected chi connectivity index (χ1v) is 12.6. The van der Waals surface area contributed by atoms with Gasteiger partial charge >= 0.3 is 5.97 Å². The van der Waals surface area contributed by atoms with E-state index in [-0.39, 0.29) is 18.3 Å². The summed E-state index contributed by atoms with van der Waals surface area (Å²) in [7, 11) is 0. The predicted octanol–water partition coefficient (Wildman–Crippen LogP) is 5.66. The topological polar surface area (TPSA) is 95.5 Å². The van der Waals surface area contributed by atoms with E-state index < -0.39 is 5.97 Å². The quantitative estimate of drug-likeness (QED) is 0.144. The number of hydrazone groups is 1. The van der Waals surface area contributed by atoms with Crippen LogP contribution in [0.2, 0.25) is 0 Å². The molecule has 8 nitrogen and oxygen atoms in total. The van der Waals surface area contributed by atoms with Crippen LogP contribution in [0.15, 0.2) is 65.8 Å². The molecule has 0 fully saturated rings. The highest BCUT2D eigenvalue weighted by Gasteiger charge is 2.14. The van der Waals surface area contributed by atoms with E-state index in [1.807, 2.05) is 32.9 Å². The van der Waals surface area contributed by atoms with E-state index in [9.17, 15) is 9.59 Å². The molecular weight excluding hydrogens is 484 g/mol. The number of aryl methyl sites for hydroxylation is 1. The fourth-order valence-corrected chi connectivity index (χ4v) is 3.46. The van der Waals surface area contributed by atoms with Gasteiger partial charge in [0, 0.05) is 0 Å². The molecule has 3 aromatic rings. The molecule has 0 saturated heterocycles. The van der Waals surface area contributed by atoms with Crippen molar-refractivity contribution < 1.29 is 28.5 Å². The zero-order chi connectivity index (χ0) is 27.5. The Bertz CT molecular complexity index is 1270. The van der Waals surface area contributed by atoms with E-state index in [0.717, 1.165) is 11.1 Å². The maximum atomic E-state index is 12.6. The van der Waals surface area contributed by atoms with E-state index in [4.69, 9.17) is 18.9 Å². The van der Waals surface area contributed by atoms with Crippen molar-refractivity contribution in [1.29, 1.82) is 0 Å². The van der Waals surface area contributed by atoms with Crippen molar-refractivity contribution >= 4 is 18.1 Å². The largest absolute Gasteiger partial charge is 0.494 e. The zero-order valence-corrected chi connectivity index (χ0v) is 22.4. The van der Waals surface area contributed by atoms with Crippen molar-refractivity contribution in [3.63, 3.8) is 0 Å². The molecule has 0 bridgehead atoms. The van der Waals surface area contributed by atoms with E-state index >= 15 is 0 Å². The minimum absolute atomic E-state index is 0.162. The minimum Gasteiger partial charge on any atom is -0.494 e. The van der Waals surface area contributed by atoms with Crippen molar-refractivity contribution in [3.8, 4) is 23.0 Å². The van der Waals surface area contributed by atoms with Gasteiger partial charge in [0.05, 0.1) is 25.0 Å². The van der Waals surface area contributed by atoms with Crippen molar-refractivity contribution in [2.75, 3.05) is 19.8 Å². The SMILES string of the molecule is CCOc1ccc(C(=O)Oc2ccc(C=NNC(=O)COc3cc(C(C)C)ccc3C)cc2OCC)cc1. The second-order valence-electron chi connectivity index (χ2n) is 8.75. The highest BCUT2D eigenvalue weighted by Crippen LogP contribution is 2.29. The van der Waals surface area contributed by atoms with Gasteiger partial charge in [0.25, 0.3) is 5.91 Å². The molecule has 0 radical (unpaired) electrons. The summed E-state index contributed by atoms with van der Waals surface area (Å²) in [6, 6.07) is 17.7. The van der Waals surface area contributed by atoms with Crippen LogP contribution in [0.5, 0.6) is 23.0 Å². The van der Waals surface area contributed by atoms with Gasteiger partial charge in [-0.05, 0) is 91.9 Å². The average Bonchev–Trinajstić information content (AvgIpc) is 2.90. The number of hydrogen-bond acceptors (Lipinski definition) is 7. The second kappa shape index (κ2) is 13.8. The summed E-state index contributed by atoms with van der Waals surface area (Å²) in [6.07, 6.45) is 1.48. The third-order valence-corrected chi connectivity index (χ3v) is 5.51. The Morgan fingerprint density at radius 2 is 1.61 bits per heavy atom. The Hall–Kier alpha value is -4.33. The number of nitrogens with zero attached hydrogens (tertiary/aromatic N) is 1. The molecule has 0 atom stereocenters. The summed E-state index contributed by atoms with van der Waals surface area (Å²) < 4.78 is 22.3. The number of carbonyl (C=O) groups is 2. The maximum Gasteiger partial charge on any atom is 0.343 e. The van der Waals surface area contributed by atoms with Gasteiger partial charge in [-0.2, -0.15) is 5.10 Å².